The molecule has 0 radical (unpaired) electrons. The molecule has 7 heteroatoms. The summed E-state index contributed by atoms with van der Waals surface area (Å²) in [6, 6.07) is 1.68. The summed E-state index contributed by atoms with van der Waals surface area (Å²) in [4.78, 5) is 1.19. The van der Waals surface area contributed by atoms with Crippen molar-refractivity contribution in [2.75, 3.05) is 12.4 Å². The van der Waals surface area contributed by atoms with E-state index < -0.39 is 10.0 Å². The molecular formula is C12H19BrClNO2S2. The third kappa shape index (κ3) is 3.94. The molecule has 19 heavy (non-hydrogen) atoms. The minimum absolute atomic E-state index is 0.00169. The van der Waals surface area contributed by atoms with Crippen molar-refractivity contribution in [3.63, 3.8) is 0 Å². The third-order valence-electron chi connectivity index (χ3n) is 3.08. The molecule has 0 bridgehead atoms. The first kappa shape index (κ1) is 17.4. The van der Waals surface area contributed by atoms with Crippen molar-refractivity contribution < 1.29 is 8.42 Å². The number of hydrogen-bond donors (Lipinski definition) is 0. The first-order chi connectivity index (χ1) is 8.88. The van der Waals surface area contributed by atoms with Gasteiger partial charge in [-0.3, -0.25) is 0 Å². The lowest BCUT2D eigenvalue weighted by atomic mass is 10.2. The van der Waals surface area contributed by atoms with Gasteiger partial charge in [0.2, 0.25) is 10.0 Å². The molecule has 0 saturated carbocycles. The lowest BCUT2D eigenvalue weighted by molar-refractivity contribution is 0.316. The number of halogens is 2. The van der Waals surface area contributed by atoms with Gasteiger partial charge in [-0.05, 0) is 41.8 Å². The lowest BCUT2D eigenvalue weighted by Gasteiger charge is -2.28. The van der Waals surface area contributed by atoms with Crippen molar-refractivity contribution in [2.24, 2.45) is 0 Å². The lowest BCUT2D eigenvalue weighted by Crippen LogP contribution is -2.41. The van der Waals surface area contributed by atoms with Gasteiger partial charge in [-0.15, -0.1) is 22.9 Å². The van der Waals surface area contributed by atoms with Gasteiger partial charge >= 0.3 is 0 Å². The van der Waals surface area contributed by atoms with E-state index in [2.05, 4.69) is 15.9 Å². The molecule has 0 aromatic carbocycles. The Balaban J connectivity index is 3.23. The zero-order valence-electron chi connectivity index (χ0n) is 11.3. The summed E-state index contributed by atoms with van der Waals surface area (Å²) < 4.78 is 27.9. The van der Waals surface area contributed by atoms with Crippen molar-refractivity contribution in [3.05, 3.63) is 14.7 Å². The number of rotatable bonds is 7. The predicted molar refractivity (Wildman–Crippen MR) is 85.7 cm³/mol. The molecule has 0 aliphatic heterocycles. The van der Waals surface area contributed by atoms with Crippen molar-refractivity contribution in [3.8, 4) is 0 Å². The molecule has 0 unspecified atom stereocenters. The monoisotopic (exact) mass is 387 g/mol. The van der Waals surface area contributed by atoms with Crippen LogP contribution in [0.3, 0.4) is 0 Å². The Kier molecular flexibility index (Phi) is 6.79. The Morgan fingerprint density at radius 1 is 1.42 bits per heavy atom. The molecule has 1 rings (SSSR count). The van der Waals surface area contributed by atoms with E-state index in [1.165, 1.54) is 11.3 Å². The topological polar surface area (TPSA) is 37.4 Å². The molecule has 0 aliphatic rings. The maximum atomic E-state index is 12.8. The molecule has 1 aromatic heterocycles. The van der Waals surface area contributed by atoms with Gasteiger partial charge in [-0.1, -0.05) is 13.8 Å². The van der Waals surface area contributed by atoms with Crippen molar-refractivity contribution in [1.82, 2.24) is 4.31 Å². The number of alkyl halides is 1. The molecule has 1 aromatic rings. The highest BCUT2D eigenvalue weighted by molar-refractivity contribution is 9.11. The van der Waals surface area contributed by atoms with Gasteiger partial charge in [0.15, 0.2) is 0 Å². The summed E-state index contributed by atoms with van der Waals surface area (Å²) in [5.41, 5.74) is 0. The van der Waals surface area contributed by atoms with Crippen LogP contribution in [0.1, 0.15) is 31.6 Å². The summed E-state index contributed by atoms with van der Waals surface area (Å²) in [5.74, 6) is 0.306. The number of sulfonamides is 1. The van der Waals surface area contributed by atoms with Gasteiger partial charge in [-0.25, -0.2) is 8.42 Å². The number of hydrogen-bond acceptors (Lipinski definition) is 3. The van der Waals surface area contributed by atoms with E-state index in [-0.39, 0.29) is 6.04 Å². The van der Waals surface area contributed by atoms with E-state index in [9.17, 15) is 8.42 Å². The molecule has 0 N–H and O–H groups in total. The second kappa shape index (κ2) is 7.41. The standard InChI is InChI=1S/C12H19BrClNO2S2/c1-4-10(5-2)15(7-6-14)19(16,17)11-8-12(13)18-9(11)3/h8,10H,4-7H2,1-3H3. The van der Waals surface area contributed by atoms with Gasteiger partial charge in [0.1, 0.15) is 0 Å². The molecule has 0 atom stereocenters. The average molecular weight is 389 g/mol. The largest absolute Gasteiger partial charge is 0.244 e. The zero-order valence-corrected chi connectivity index (χ0v) is 15.3. The van der Waals surface area contributed by atoms with Crippen LogP contribution in [0.25, 0.3) is 0 Å². The molecule has 0 aliphatic carbocycles. The highest BCUT2D eigenvalue weighted by Gasteiger charge is 2.31. The minimum Gasteiger partial charge on any atom is -0.207 e. The zero-order chi connectivity index (χ0) is 14.6. The Labute approximate surface area is 133 Å². The Hall–Kier alpha value is 0.380. The second-order valence-corrected chi connectivity index (χ2v) is 9.12. The van der Waals surface area contributed by atoms with Crippen LogP contribution in [0.5, 0.6) is 0 Å². The summed E-state index contributed by atoms with van der Waals surface area (Å²) in [6.45, 7) is 6.18. The number of nitrogens with zero attached hydrogens (tertiary/aromatic N) is 1. The Bertz CT molecular complexity index is 512. The predicted octanol–water partition coefficient (Wildman–Crippen LogP) is 4.24. The van der Waals surface area contributed by atoms with E-state index in [1.807, 2.05) is 20.8 Å². The van der Waals surface area contributed by atoms with Crippen LogP contribution >= 0.6 is 38.9 Å². The van der Waals surface area contributed by atoms with Gasteiger partial charge in [0.25, 0.3) is 0 Å². The van der Waals surface area contributed by atoms with Crippen LogP contribution in [0.15, 0.2) is 14.7 Å². The Morgan fingerprint density at radius 2 is 2.00 bits per heavy atom. The molecule has 0 fully saturated rings. The molecule has 3 nitrogen and oxygen atoms in total. The van der Waals surface area contributed by atoms with Crippen LogP contribution in [0.4, 0.5) is 0 Å². The van der Waals surface area contributed by atoms with Crippen LogP contribution < -0.4 is 0 Å². The molecule has 0 amide bonds. The fourth-order valence-corrected chi connectivity index (χ4v) is 6.53. The average Bonchev–Trinajstić information content (AvgIpc) is 2.69. The smallest absolute Gasteiger partial charge is 0.207 e. The summed E-state index contributed by atoms with van der Waals surface area (Å²) >= 11 is 10.6. The third-order valence-corrected chi connectivity index (χ3v) is 7.01. The molecule has 110 valence electrons. The fraction of sp³-hybridized carbons (Fsp3) is 0.667. The SMILES string of the molecule is CCC(CC)N(CCCl)S(=O)(=O)c1cc(Br)sc1C. The van der Waals surface area contributed by atoms with Gasteiger partial charge in [0, 0.05) is 23.3 Å². The second-order valence-electron chi connectivity index (χ2n) is 4.25. The first-order valence-corrected chi connectivity index (χ1v) is 9.80. The molecular weight excluding hydrogens is 370 g/mol. The van der Waals surface area contributed by atoms with Crippen LogP contribution in [0, 0.1) is 6.92 Å². The maximum absolute atomic E-state index is 12.8. The van der Waals surface area contributed by atoms with Crippen molar-refractivity contribution >= 4 is 48.9 Å². The summed E-state index contributed by atoms with van der Waals surface area (Å²) in [6.07, 6.45) is 1.58. The molecule has 0 spiro atoms. The fourth-order valence-electron chi connectivity index (χ4n) is 2.09. The van der Waals surface area contributed by atoms with E-state index in [4.69, 9.17) is 11.6 Å². The highest BCUT2D eigenvalue weighted by Crippen LogP contribution is 2.32. The van der Waals surface area contributed by atoms with Gasteiger partial charge < -0.3 is 0 Å². The normalized spacial score (nSPS) is 12.6. The quantitative estimate of drug-likeness (QED) is 0.655. The van der Waals surface area contributed by atoms with Gasteiger partial charge in [0.05, 0.1) is 8.68 Å². The van der Waals surface area contributed by atoms with E-state index in [0.29, 0.717) is 17.3 Å². The maximum Gasteiger partial charge on any atom is 0.244 e. The van der Waals surface area contributed by atoms with Crippen LogP contribution in [-0.2, 0) is 10.0 Å². The first-order valence-electron chi connectivity index (χ1n) is 6.22. The van der Waals surface area contributed by atoms with E-state index in [0.717, 1.165) is 21.5 Å². The Morgan fingerprint density at radius 3 is 2.37 bits per heavy atom. The van der Waals surface area contributed by atoms with Crippen molar-refractivity contribution in [2.45, 2.75) is 44.6 Å². The summed E-state index contributed by atoms with van der Waals surface area (Å²) in [5, 5.41) is 0. The molecule has 0 saturated heterocycles. The minimum atomic E-state index is -3.47. The molecule has 1 heterocycles. The van der Waals surface area contributed by atoms with Crippen molar-refractivity contribution in [1.29, 1.82) is 0 Å². The summed E-state index contributed by atoms with van der Waals surface area (Å²) in [7, 11) is -3.47. The van der Waals surface area contributed by atoms with Crippen LogP contribution in [-0.4, -0.2) is 31.2 Å². The number of aryl methyl sites for hydroxylation is 1. The highest BCUT2D eigenvalue weighted by atomic mass is 79.9. The van der Waals surface area contributed by atoms with E-state index in [1.54, 1.807) is 10.4 Å². The van der Waals surface area contributed by atoms with Crippen LogP contribution in [0.2, 0.25) is 0 Å². The van der Waals surface area contributed by atoms with E-state index >= 15 is 0 Å². The van der Waals surface area contributed by atoms with Gasteiger partial charge in [-0.2, -0.15) is 4.31 Å². The number of thiophene rings is 1.